The van der Waals surface area contributed by atoms with Crippen LogP contribution in [0.5, 0.6) is 5.75 Å². The highest BCUT2D eigenvalue weighted by Crippen LogP contribution is 2.27. The summed E-state index contributed by atoms with van der Waals surface area (Å²) in [5.74, 6) is 0.281. The average Bonchev–Trinajstić information content (AvgIpc) is 2.57. The van der Waals surface area contributed by atoms with Crippen LogP contribution in [0.3, 0.4) is 0 Å². The van der Waals surface area contributed by atoms with Crippen molar-refractivity contribution in [3.05, 3.63) is 58.7 Å². The Morgan fingerprint density at radius 2 is 1.67 bits per heavy atom. The van der Waals surface area contributed by atoms with Crippen LogP contribution in [0, 0.1) is 20.8 Å². The normalized spacial score (nSPS) is 11.5. The third kappa shape index (κ3) is 5.55. The van der Waals surface area contributed by atoms with E-state index in [0.29, 0.717) is 11.3 Å². The minimum absolute atomic E-state index is 0.120. The zero-order chi connectivity index (χ0) is 20.2. The molecule has 146 valence electrons. The van der Waals surface area contributed by atoms with Gasteiger partial charge in [0, 0.05) is 0 Å². The number of rotatable bonds is 7. The van der Waals surface area contributed by atoms with Gasteiger partial charge in [-0.25, -0.2) is 8.42 Å². The van der Waals surface area contributed by atoms with Crippen molar-refractivity contribution in [2.45, 2.75) is 45.4 Å². The Hall–Kier alpha value is -2.38. The summed E-state index contributed by atoms with van der Waals surface area (Å²) in [6.45, 7) is 9.31. The molecule has 0 aromatic heterocycles. The Labute approximate surface area is 161 Å². The van der Waals surface area contributed by atoms with E-state index in [4.69, 9.17) is 4.74 Å². The molecule has 0 spiro atoms. The van der Waals surface area contributed by atoms with Crippen molar-refractivity contribution in [3.8, 4) is 5.75 Å². The maximum absolute atomic E-state index is 12.4. The maximum atomic E-state index is 12.4. The van der Waals surface area contributed by atoms with Crippen molar-refractivity contribution >= 4 is 15.9 Å². The third-order valence-corrected chi connectivity index (χ3v) is 5.50. The maximum Gasteiger partial charge on any atom is 0.272 e. The highest BCUT2D eigenvalue weighted by atomic mass is 32.2. The van der Waals surface area contributed by atoms with E-state index < -0.39 is 15.9 Å². The fourth-order valence-electron chi connectivity index (χ4n) is 2.70. The quantitative estimate of drug-likeness (QED) is 0.712. The van der Waals surface area contributed by atoms with Crippen LogP contribution in [0.4, 0.5) is 0 Å². The molecule has 0 fully saturated rings. The molecule has 0 saturated carbocycles. The number of hydrogen-bond donors (Lipinski definition) is 2. The van der Waals surface area contributed by atoms with Crippen molar-refractivity contribution in [1.29, 1.82) is 0 Å². The number of hydrogen-bond acceptors (Lipinski definition) is 4. The van der Waals surface area contributed by atoms with Crippen LogP contribution in [-0.2, 0) is 14.8 Å². The molecule has 1 amide bonds. The summed E-state index contributed by atoms with van der Waals surface area (Å²) in [6.07, 6.45) is 0. The predicted molar refractivity (Wildman–Crippen MR) is 105 cm³/mol. The van der Waals surface area contributed by atoms with Crippen LogP contribution in [0.1, 0.15) is 42.0 Å². The summed E-state index contributed by atoms with van der Waals surface area (Å²) in [7, 11) is -3.85. The van der Waals surface area contributed by atoms with E-state index >= 15 is 0 Å². The van der Waals surface area contributed by atoms with Crippen molar-refractivity contribution < 1.29 is 17.9 Å². The fourth-order valence-corrected chi connectivity index (χ4v) is 3.79. The lowest BCUT2D eigenvalue weighted by molar-refractivity contribution is -0.123. The molecule has 0 unspecified atom stereocenters. The molecule has 0 radical (unpaired) electrons. The molecule has 2 N–H and O–H groups in total. The van der Waals surface area contributed by atoms with Gasteiger partial charge in [0.25, 0.3) is 15.9 Å². The van der Waals surface area contributed by atoms with Gasteiger partial charge in [-0.1, -0.05) is 43.7 Å². The first-order valence-electron chi connectivity index (χ1n) is 8.71. The summed E-state index contributed by atoms with van der Waals surface area (Å²) in [6, 6.07) is 10.8. The number of carbonyl (C=O) groups excluding carboxylic acids is 1. The molecular formula is C20H26N2O4S. The molecule has 0 heterocycles. The standard InChI is InChI=1S/C20H26N2O4S/c1-13(2)17-8-6-15(4)11-18(17)26-12-20(23)21-22-27(24,25)19-9-7-14(3)10-16(19)5/h6-11,13,22H,12H2,1-5H3,(H,21,23). The van der Waals surface area contributed by atoms with Crippen LogP contribution in [-0.4, -0.2) is 20.9 Å². The first-order valence-corrected chi connectivity index (χ1v) is 10.2. The molecule has 0 atom stereocenters. The number of hydrazine groups is 1. The molecule has 2 aromatic carbocycles. The van der Waals surface area contributed by atoms with Crippen LogP contribution in [0.25, 0.3) is 0 Å². The minimum Gasteiger partial charge on any atom is -0.483 e. The van der Waals surface area contributed by atoms with E-state index in [1.807, 2.05) is 45.9 Å². The second kappa shape index (κ2) is 8.54. The van der Waals surface area contributed by atoms with Crippen LogP contribution >= 0.6 is 0 Å². The zero-order valence-electron chi connectivity index (χ0n) is 16.3. The van der Waals surface area contributed by atoms with Gasteiger partial charge in [-0.3, -0.25) is 10.2 Å². The number of benzene rings is 2. The largest absolute Gasteiger partial charge is 0.483 e. The minimum atomic E-state index is -3.85. The van der Waals surface area contributed by atoms with Gasteiger partial charge in [-0.05, 0) is 55.5 Å². The number of aryl methyl sites for hydroxylation is 3. The molecule has 0 aliphatic carbocycles. The van der Waals surface area contributed by atoms with Crippen molar-refractivity contribution in [2.24, 2.45) is 0 Å². The number of amides is 1. The summed E-state index contributed by atoms with van der Waals surface area (Å²) in [4.78, 5) is 14.3. The van der Waals surface area contributed by atoms with Crippen LogP contribution < -0.4 is 15.0 Å². The van der Waals surface area contributed by atoms with Gasteiger partial charge in [0.15, 0.2) is 6.61 Å². The Morgan fingerprint density at radius 3 is 2.30 bits per heavy atom. The molecule has 0 saturated heterocycles. The van der Waals surface area contributed by atoms with E-state index in [9.17, 15) is 13.2 Å². The molecule has 0 aliphatic heterocycles. The highest BCUT2D eigenvalue weighted by Gasteiger charge is 2.18. The zero-order valence-corrected chi connectivity index (χ0v) is 17.1. The number of nitrogens with one attached hydrogen (secondary N) is 2. The lowest BCUT2D eigenvalue weighted by Crippen LogP contribution is -2.43. The van der Waals surface area contributed by atoms with Gasteiger partial charge >= 0.3 is 0 Å². The molecule has 27 heavy (non-hydrogen) atoms. The summed E-state index contributed by atoms with van der Waals surface area (Å²) in [5.41, 5.74) is 5.77. The SMILES string of the molecule is Cc1ccc(S(=O)(=O)NNC(=O)COc2cc(C)ccc2C(C)C)c(C)c1. The molecular weight excluding hydrogens is 364 g/mol. The molecule has 7 heteroatoms. The van der Waals surface area contributed by atoms with Gasteiger partial charge < -0.3 is 4.74 Å². The fraction of sp³-hybridized carbons (Fsp3) is 0.350. The van der Waals surface area contributed by atoms with E-state index in [0.717, 1.165) is 16.7 Å². The number of sulfonamides is 1. The first-order chi connectivity index (χ1) is 12.6. The second-order valence-electron chi connectivity index (χ2n) is 6.91. The van der Waals surface area contributed by atoms with E-state index in [2.05, 4.69) is 10.3 Å². The molecule has 2 aromatic rings. The topological polar surface area (TPSA) is 84.5 Å². The van der Waals surface area contributed by atoms with Gasteiger partial charge in [-0.2, -0.15) is 0 Å². The number of carbonyl (C=O) groups is 1. The predicted octanol–water partition coefficient (Wildman–Crippen LogP) is 3.12. The average molecular weight is 391 g/mol. The first kappa shape index (κ1) is 20.9. The smallest absolute Gasteiger partial charge is 0.272 e. The third-order valence-electron chi connectivity index (χ3n) is 4.09. The van der Waals surface area contributed by atoms with Crippen molar-refractivity contribution in [1.82, 2.24) is 10.3 Å². The Balaban J connectivity index is 2.00. The van der Waals surface area contributed by atoms with Crippen LogP contribution in [0.15, 0.2) is 41.3 Å². The lowest BCUT2D eigenvalue weighted by atomic mass is 10.0. The summed E-state index contributed by atoms with van der Waals surface area (Å²) < 4.78 is 30.3. The number of ether oxygens (including phenoxy) is 1. The van der Waals surface area contributed by atoms with Crippen molar-refractivity contribution in [3.63, 3.8) is 0 Å². The van der Waals surface area contributed by atoms with E-state index in [1.165, 1.54) is 6.07 Å². The van der Waals surface area contributed by atoms with E-state index in [1.54, 1.807) is 19.1 Å². The highest BCUT2D eigenvalue weighted by molar-refractivity contribution is 7.89. The summed E-state index contributed by atoms with van der Waals surface area (Å²) >= 11 is 0. The van der Waals surface area contributed by atoms with Gasteiger partial charge in [0.1, 0.15) is 5.75 Å². The second-order valence-corrected chi connectivity index (χ2v) is 8.56. The van der Waals surface area contributed by atoms with Gasteiger partial charge in [0.05, 0.1) is 4.90 Å². The molecule has 6 nitrogen and oxygen atoms in total. The lowest BCUT2D eigenvalue weighted by Gasteiger charge is -2.15. The Kier molecular flexibility index (Phi) is 6.62. The molecule has 2 rings (SSSR count). The van der Waals surface area contributed by atoms with Crippen LogP contribution in [0.2, 0.25) is 0 Å². The Morgan fingerprint density at radius 1 is 1.04 bits per heavy atom. The van der Waals surface area contributed by atoms with Gasteiger partial charge in [-0.15, -0.1) is 4.83 Å². The molecule has 0 aliphatic rings. The monoisotopic (exact) mass is 390 g/mol. The Bertz CT molecular complexity index is 937. The van der Waals surface area contributed by atoms with Crippen molar-refractivity contribution in [2.75, 3.05) is 6.61 Å². The molecule has 0 bridgehead atoms. The van der Waals surface area contributed by atoms with E-state index in [-0.39, 0.29) is 17.4 Å². The summed E-state index contributed by atoms with van der Waals surface area (Å²) in [5, 5.41) is 0. The van der Waals surface area contributed by atoms with Gasteiger partial charge in [0.2, 0.25) is 0 Å².